The molecule has 0 N–H and O–H groups in total. The highest BCUT2D eigenvalue weighted by molar-refractivity contribution is 6.00. The molecule has 0 unspecified atom stereocenters. The summed E-state index contributed by atoms with van der Waals surface area (Å²) in [6, 6.07) is 6.18. The first-order valence-electron chi connectivity index (χ1n) is 7.98. The van der Waals surface area contributed by atoms with E-state index >= 15 is 0 Å². The van der Waals surface area contributed by atoms with Gasteiger partial charge in [-0.1, -0.05) is 12.5 Å². The van der Waals surface area contributed by atoms with Crippen molar-refractivity contribution < 1.29 is 13.9 Å². The van der Waals surface area contributed by atoms with Gasteiger partial charge in [-0.25, -0.2) is 9.78 Å². The summed E-state index contributed by atoms with van der Waals surface area (Å²) in [7, 11) is 1.38. The quantitative estimate of drug-likeness (QED) is 0.816. The van der Waals surface area contributed by atoms with Crippen LogP contribution in [0.5, 0.6) is 0 Å². The number of aromatic nitrogens is 1. The molecule has 1 atom stereocenters. The molecule has 1 saturated carbocycles. The zero-order valence-corrected chi connectivity index (χ0v) is 12.7. The second kappa shape index (κ2) is 5.39. The fraction of sp³-hybridized carbons (Fsp3) is 0.529. The number of ether oxygens (including phenoxy) is 1. The SMILES string of the molecule is COC(=O)c1cccc2nc([C@H]3CCN(C4CCC4)C3)oc12. The Bertz CT molecular complexity index is 705. The summed E-state index contributed by atoms with van der Waals surface area (Å²) in [5.41, 5.74) is 1.74. The largest absolute Gasteiger partial charge is 0.465 e. The van der Waals surface area contributed by atoms with Gasteiger partial charge in [0.15, 0.2) is 11.5 Å². The van der Waals surface area contributed by atoms with E-state index in [4.69, 9.17) is 9.15 Å². The number of likely N-dealkylation sites (tertiary alicyclic amines) is 1. The lowest BCUT2D eigenvalue weighted by molar-refractivity contribution is 0.0601. The van der Waals surface area contributed by atoms with Crippen LogP contribution >= 0.6 is 0 Å². The molecule has 5 nitrogen and oxygen atoms in total. The van der Waals surface area contributed by atoms with Gasteiger partial charge < -0.3 is 9.15 Å². The normalized spacial score (nSPS) is 22.9. The van der Waals surface area contributed by atoms with Gasteiger partial charge in [0.05, 0.1) is 7.11 Å². The molecule has 2 fully saturated rings. The number of para-hydroxylation sites is 1. The molecule has 1 aromatic heterocycles. The highest BCUT2D eigenvalue weighted by Gasteiger charge is 2.34. The van der Waals surface area contributed by atoms with Crippen molar-refractivity contribution in [2.75, 3.05) is 20.2 Å². The Balaban J connectivity index is 1.61. The molecule has 116 valence electrons. The van der Waals surface area contributed by atoms with Crippen LogP contribution < -0.4 is 0 Å². The molecule has 4 rings (SSSR count). The minimum absolute atomic E-state index is 0.332. The first-order chi connectivity index (χ1) is 10.8. The molecule has 1 saturated heterocycles. The van der Waals surface area contributed by atoms with Crippen molar-refractivity contribution in [1.82, 2.24) is 9.88 Å². The van der Waals surface area contributed by atoms with Crippen LogP contribution in [0.1, 0.15) is 47.8 Å². The van der Waals surface area contributed by atoms with Gasteiger partial charge in [-0.2, -0.15) is 0 Å². The maximum absolute atomic E-state index is 11.8. The summed E-state index contributed by atoms with van der Waals surface area (Å²) in [5, 5.41) is 0. The van der Waals surface area contributed by atoms with Crippen molar-refractivity contribution in [3.8, 4) is 0 Å². The third-order valence-electron chi connectivity index (χ3n) is 5.00. The lowest BCUT2D eigenvalue weighted by Gasteiger charge is -2.34. The number of esters is 1. The fourth-order valence-corrected chi connectivity index (χ4v) is 3.48. The van der Waals surface area contributed by atoms with Crippen LogP contribution in [0.2, 0.25) is 0 Å². The van der Waals surface area contributed by atoms with Crippen molar-refractivity contribution >= 4 is 17.1 Å². The molecule has 1 aromatic carbocycles. The van der Waals surface area contributed by atoms with Crippen LogP contribution in [0.4, 0.5) is 0 Å². The molecule has 2 aromatic rings. The number of hydrogen-bond donors (Lipinski definition) is 0. The predicted octanol–water partition coefficient (Wildman–Crippen LogP) is 2.96. The fourth-order valence-electron chi connectivity index (χ4n) is 3.48. The number of rotatable bonds is 3. The van der Waals surface area contributed by atoms with Gasteiger partial charge in [-0.3, -0.25) is 4.90 Å². The third-order valence-corrected chi connectivity index (χ3v) is 5.00. The molecule has 0 amide bonds. The summed E-state index contributed by atoms with van der Waals surface area (Å²) in [5.74, 6) is 0.711. The van der Waals surface area contributed by atoms with Crippen LogP contribution in [0.25, 0.3) is 11.1 Å². The van der Waals surface area contributed by atoms with Crippen LogP contribution in [0, 0.1) is 0 Å². The van der Waals surface area contributed by atoms with E-state index in [-0.39, 0.29) is 5.97 Å². The van der Waals surface area contributed by atoms with Crippen LogP contribution in [-0.2, 0) is 4.74 Å². The highest BCUT2D eigenvalue weighted by atomic mass is 16.5. The Morgan fingerprint density at radius 2 is 2.23 bits per heavy atom. The summed E-state index contributed by atoms with van der Waals surface area (Å²) in [4.78, 5) is 19.0. The summed E-state index contributed by atoms with van der Waals surface area (Å²) in [6.07, 6.45) is 5.09. The zero-order valence-electron chi connectivity index (χ0n) is 12.7. The number of oxazole rings is 1. The topological polar surface area (TPSA) is 55.6 Å². The van der Waals surface area contributed by atoms with E-state index in [1.54, 1.807) is 6.07 Å². The van der Waals surface area contributed by atoms with E-state index in [0.29, 0.717) is 17.1 Å². The second-order valence-corrected chi connectivity index (χ2v) is 6.26. The molecule has 1 aliphatic heterocycles. The van der Waals surface area contributed by atoms with Crippen LogP contribution in [0.3, 0.4) is 0 Å². The number of carbonyl (C=O) groups is 1. The summed E-state index contributed by atoms with van der Waals surface area (Å²) >= 11 is 0. The van der Waals surface area contributed by atoms with Gasteiger partial charge >= 0.3 is 5.97 Å². The first-order valence-corrected chi connectivity index (χ1v) is 7.98. The molecule has 0 spiro atoms. The van der Waals surface area contributed by atoms with E-state index in [1.807, 2.05) is 12.1 Å². The molecular weight excluding hydrogens is 280 g/mol. The van der Waals surface area contributed by atoms with Gasteiger partial charge in [0.25, 0.3) is 0 Å². The number of benzene rings is 1. The lowest BCUT2D eigenvalue weighted by atomic mass is 9.92. The molecule has 0 bridgehead atoms. The highest BCUT2D eigenvalue weighted by Crippen LogP contribution is 2.35. The minimum atomic E-state index is -0.379. The predicted molar refractivity (Wildman–Crippen MR) is 81.9 cm³/mol. The Morgan fingerprint density at radius 3 is 2.95 bits per heavy atom. The number of methoxy groups -OCH3 is 1. The summed E-state index contributed by atoms with van der Waals surface area (Å²) in [6.45, 7) is 2.14. The summed E-state index contributed by atoms with van der Waals surface area (Å²) < 4.78 is 10.8. The maximum atomic E-state index is 11.8. The Kier molecular flexibility index (Phi) is 3.37. The van der Waals surface area contributed by atoms with E-state index in [1.165, 1.54) is 26.4 Å². The molecule has 2 heterocycles. The Labute approximate surface area is 129 Å². The van der Waals surface area contributed by atoms with Crippen molar-refractivity contribution in [2.45, 2.75) is 37.6 Å². The van der Waals surface area contributed by atoms with Gasteiger partial charge in [0.1, 0.15) is 11.1 Å². The molecule has 0 radical (unpaired) electrons. The lowest BCUT2D eigenvalue weighted by Crippen LogP contribution is -2.38. The van der Waals surface area contributed by atoms with Gasteiger partial charge in [0, 0.05) is 18.5 Å². The molecular formula is C17H20N2O3. The average Bonchev–Trinajstić information content (AvgIpc) is 3.10. The van der Waals surface area contributed by atoms with E-state index < -0.39 is 0 Å². The Morgan fingerprint density at radius 1 is 1.36 bits per heavy atom. The van der Waals surface area contributed by atoms with E-state index in [9.17, 15) is 4.79 Å². The number of nitrogens with zero attached hydrogens (tertiary/aromatic N) is 2. The third kappa shape index (κ3) is 2.20. The van der Waals surface area contributed by atoms with Crippen molar-refractivity contribution in [2.24, 2.45) is 0 Å². The number of fused-ring (bicyclic) bond motifs is 1. The average molecular weight is 300 g/mol. The zero-order chi connectivity index (χ0) is 15.1. The molecule has 1 aliphatic carbocycles. The number of hydrogen-bond acceptors (Lipinski definition) is 5. The molecule has 2 aliphatic rings. The van der Waals surface area contributed by atoms with Gasteiger partial charge in [-0.05, 0) is 37.9 Å². The standard InChI is InChI=1S/C17H20N2O3/c1-21-17(20)13-6-3-7-14-15(13)22-16(18-14)11-8-9-19(10-11)12-4-2-5-12/h3,6-7,11-12H,2,4-5,8-10H2,1H3/t11-/m0/s1. The maximum Gasteiger partial charge on any atom is 0.341 e. The van der Waals surface area contributed by atoms with Crippen LogP contribution in [-0.4, -0.2) is 42.1 Å². The minimum Gasteiger partial charge on any atom is -0.465 e. The van der Waals surface area contributed by atoms with Crippen LogP contribution in [0.15, 0.2) is 22.6 Å². The van der Waals surface area contributed by atoms with Gasteiger partial charge in [-0.15, -0.1) is 0 Å². The van der Waals surface area contributed by atoms with Crippen molar-refractivity contribution in [1.29, 1.82) is 0 Å². The van der Waals surface area contributed by atoms with Crippen molar-refractivity contribution in [3.63, 3.8) is 0 Å². The van der Waals surface area contributed by atoms with Gasteiger partial charge in [0.2, 0.25) is 0 Å². The smallest absolute Gasteiger partial charge is 0.341 e. The monoisotopic (exact) mass is 300 g/mol. The second-order valence-electron chi connectivity index (χ2n) is 6.26. The number of carbonyl (C=O) groups excluding carboxylic acids is 1. The first kappa shape index (κ1) is 13.8. The molecule has 5 heteroatoms. The van der Waals surface area contributed by atoms with Crippen molar-refractivity contribution in [3.05, 3.63) is 29.7 Å². The molecule has 22 heavy (non-hydrogen) atoms. The van der Waals surface area contributed by atoms with E-state index in [2.05, 4.69) is 9.88 Å². The van der Waals surface area contributed by atoms with E-state index in [0.717, 1.165) is 37.0 Å². The Hall–Kier alpha value is -1.88.